The average molecular weight is 1410 g/mol. The Labute approximate surface area is 577 Å². The minimum absolute atomic E-state index is 0.475. The van der Waals surface area contributed by atoms with Crippen LogP contribution in [0.2, 0.25) is 0 Å². The molecule has 12 heteroatoms. The van der Waals surface area contributed by atoms with Gasteiger partial charge in [0.05, 0.1) is 0 Å². The number of para-hydroxylation sites is 2. The van der Waals surface area contributed by atoms with Crippen LogP contribution in [0.1, 0.15) is 127 Å². The lowest BCUT2D eigenvalue weighted by atomic mass is 9.98. The normalized spacial score (nSPS) is 12.4. The van der Waals surface area contributed by atoms with Crippen LogP contribution in [-0.4, -0.2) is 29.9 Å². The molecule has 472 valence electrons. The average Bonchev–Trinajstić information content (AvgIpc) is 0.791. The fraction of sp³-hybridized carbons (Fsp3) is 0.195. The minimum Gasteiger partial charge on any atom is -0.279 e. The van der Waals surface area contributed by atoms with Gasteiger partial charge in [0.1, 0.15) is 0 Å². The minimum atomic E-state index is 0.475. The molecule has 0 spiro atoms. The molecule has 4 atom stereocenters. The number of halogens is 2. The molecule has 0 aliphatic carbocycles. The zero-order valence-electron chi connectivity index (χ0n) is 54.8. The van der Waals surface area contributed by atoms with E-state index in [0.717, 1.165) is 90.4 Å². The zero-order valence-corrected chi connectivity index (χ0v) is 58.5. The van der Waals surface area contributed by atoms with E-state index in [2.05, 4.69) is 271 Å². The van der Waals surface area contributed by atoms with Gasteiger partial charge in [-0.05, 0) is 216 Å². The molecule has 12 aromatic rings. The summed E-state index contributed by atoms with van der Waals surface area (Å²) in [5.41, 5.74) is 14.9. The Morgan fingerprint density at radius 3 is 0.734 bits per heavy atom. The van der Waals surface area contributed by atoms with Crippen LogP contribution < -0.4 is 19.6 Å². The summed E-state index contributed by atoms with van der Waals surface area (Å²) in [7, 11) is 0. The van der Waals surface area contributed by atoms with E-state index in [0.29, 0.717) is 59.1 Å². The van der Waals surface area contributed by atoms with Gasteiger partial charge < -0.3 is 0 Å². The summed E-state index contributed by atoms with van der Waals surface area (Å²) in [4.78, 5) is 39.5. The highest BCUT2D eigenvalue weighted by molar-refractivity contribution is 14.1. The molecule has 94 heavy (non-hydrogen) atoms. The Bertz CT molecular complexity index is 4080. The first kappa shape index (κ1) is 66.1. The molecule has 4 unspecified atom stereocenters. The highest BCUT2D eigenvalue weighted by Crippen LogP contribution is 2.42. The van der Waals surface area contributed by atoms with Gasteiger partial charge in [-0.1, -0.05) is 217 Å². The molecular formula is C82H80BrIN10. The fourth-order valence-corrected chi connectivity index (χ4v) is 11.8. The van der Waals surface area contributed by atoms with E-state index in [4.69, 9.17) is 29.9 Å². The van der Waals surface area contributed by atoms with Crippen LogP contribution >= 0.6 is 38.5 Å². The van der Waals surface area contributed by atoms with Gasteiger partial charge in [-0.3, -0.25) is 19.6 Å². The van der Waals surface area contributed by atoms with Gasteiger partial charge >= 0.3 is 0 Å². The first-order valence-electron chi connectivity index (χ1n) is 32.7. The van der Waals surface area contributed by atoms with Gasteiger partial charge in [-0.25, -0.2) is 0 Å². The third-order valence-corrected chi connectivity index (χ3v) is 18.9. The first-order chi connectivity index (χ1) is 45.9. The number of aromatic nitrogens is 6. The summed E-state index contributed by atoms with van der Waals surface area (Å²) in [5, 5.41) is 0. The number of benzene rings is 10. The number of hydrogen-bond donors (Lipinski definition) is 0. The second kappa shape index (κ2) is 31.5. The van der Waals surface area contributed by atoms with Crippen LogP contribution in [0.15, 0.2) is 271 Å². The molecular weight excluding hydrogens is 1330 g/mol. The smallest absolute Gasteiger partial charge is 0.240 e. The maximum Gasteiger partial charge on any atom is 0.240 e. The molecule has 10 nitrogen and oxygen atoms in total. The lowest BCUT2D eigenvalue weighted by molar-refractivity contribution is 0.733. The Kier molecular flexibility index (Phi) is 22.2. The van der Waals surface area contributed by atoms with Crippen LogP contribution in [0.5, 0.6) is 0 Å². The third kappa shape index (κ3) is 15.8. The predicted octanol–water partition coefficient (Wildman–Crippen LogP) is 24.4. The van der Waals surface area contributed by atoms with Gasteiger partial charge in [-0.15, -0.1) is 0 Å². The molecule has 0 bridgehead atoms. The summed E-state index contributed by atoms with van der Waals surface area (Å²) in [6, 6.07) is 92.7. The van der Waals surface area contributed by atoms with Crippen molar-refractivity contribution in [2.75, 3.05) is 19.6 Å². The topological polar surface area (TPSA) is 90.3 Å². The van der Waals surface area contributed by atoms with Gasteiger partial charge in [0, 0.05) is 64.7 Å². The molecule has 2 aromatic heterocycles. The summed E-state index contributed by atoms with van der Waals surface area (Å²) < 4.78 is 2.16. The second-order valence-electron chi connectivity index (χ2n) is 23.8. The van der Waals surface area contributed by atoms with E-state index in [-0.39, 0.29) is 0 Å². The molecule has 0 fully saturated rings. The molecule has 10 aromatic carbocycles. The number of nitrogens with zero attached hydrogens (tertiary/aromatic N) is 10. The Morgan fingerprint density at radius 1 is 0.277 bits per heavy atom. The molecule has 0 aliphatic rings. The summed E-state index contributed by atoms with van der Waals surface area (Å²) >= 11 is 5.97. The molecule has 0 saturated carbocycles. The molecule has 0 N–H and O–H groups in total. The van der Waals surface area contributed by atoms with Gasteiger partial charge in [0.15, 0.2) is 11.6 Å². The van der Waals surface area contributed by atoms with Crippen molar-refractivity contribution in [3.8, 4) is 22.8 Å². The summed E-state index contributed by atoms with van der Waals surface area (Å²) in [5.74, 6) is 5.28. The maximum absolute atomic E-state index is 5.27. The van der Waals surface area contributed by atoms with Gasteiger partial charge in [0.2, 0.25) is 23.8 Å². The molecule has 0 saturated heterocycles. The second-order valence-corrected chi connectivity index (χ2v) is 26.0. The van der Waals surface area contributed by atoms with Crippen LogP contribution in [0.4, 0.5) is 69.3 Å². The van der Waals surface area contributed by atoms with Crippen LogP contribution in [0.3, 0.4) is 0 Å². The lowest BCUT2D eigenvalue weighted by Gasteiger charge is -2.28. The van der Waals surface area contributed by atoms with Crippen molar-refractivity contribution in [3.05, 3.63) is 297 Å². The Morgan fingerprint density at radius 2 is 0.489 bits per heavy atom. The van der Waals surface area contributed by atoms with E-state index in [1.54, 1.807) is 0 Å². The zero-order chi connectivity index (χ0) is 65.5. The van der Waals surface area contributed by atoms with E-state index >= 15 is 0 Å². The van der Waals surface area contributed by atoms with Crippen molar-refractivity contribution in [1.29, 1.82) is 0 Å². The van der Waals surface area contributed by atoms with E-state index in [9.17, 15) is 0 Å². The Balaban J connectivity index is 0.000000192. The van der Waals surface area contributed by atoms with E-state index < -0.39 is 0 Å². The molecule has 0 radical (unpaired) electrons. The predicted molar refractivity (Wildman–Crippen MR) is 404 cm³/mol. The standard InChI is InChI=1S/C41H39BrIN5.C41H41N5/c1-5-28(3)30-12-20-35(21-13-30)47(37-24-16-33(42)17-25-37)40-44-39(32-10-8-7-9-11-32)45-41(46-40)48(38-26-18-34(43)19-27-38)36-22-14-31(15-23-36)29(4)6-2;1-5-30(3)32-22-26-37(27-23-32)45(35-18-12-8-13-19-35)40-42-39(34-16-10-7-11-17-34)43-41(44-40)46(36-20-14-9-15-21-36)38-28-24-33(25-29-38)31(4)6-2/h7-29H,5-6H2,1-4H3;7-31H,5-6H2,1-4H3. The fourth-order valence-electron chi connectivity index (χ4n) is 11.1. The highest BCUT2D eigenvalue weighted by Gasteiger charge is 2.26. The molecule has 0 amide bonds. The summed E-state index contributed by atoms with van der Waals surface area (Å²) in [6.45, 7) is 18.0. The van der Waals surface area contributed by atoms with E-state index in [1.807, 2.05) is 109 Å². The Hall–Kier alpha value is -9.37. The quantitative estimate of drug-likeness (QED) is 0.0611. The van der Waals surface area contributed by atoms with Crippen molar-refractivity contribution < 1.29 is 0 Å². The van der Waals surface area contributed by atoms with Crippen LogP contribution in [-0.2, 0) is 0 Å². The molecule has 0 aliphatic heterocycles. The van der Waals surface area contributed by atoms with E-state index in [1.165, 1.54) is 22.3 Å². The maximum atomic E-state index is 5.27. The highest BCUT2D eigenvalue weighted by atomic mass is 127. The van der Waals surface area contributed by atoms with Crippen LogP contribution in [0.25, 0.3) is 22.8 Å². The van der Waals surface area contributed by atoms with Crippen molar-refractivity contribution in [1.82, 2.24) is 29.9 Å². The van der Waals surface area contributed by atoms with Crippen LogP contribution in [0, 0.1) is 3.57 Å². The molecule has 12 rings (SSSR count). The first-order valence-corrected chi connectivity index (χ1v) is 34.6. The number of anilines is 12. The monoisotopic (exact) mass is 1410 g/mol. The number of rotatable bonds is 22. The third-order valence-electron chi connectivity index (χ3n) is 17.6. The largest absolute Gasteiger partial charge is 0.279 e. The SMILES string of the molecule is CCC(C)c1ccc(N(c2ccc(Br)cc2)c2nc(-c3ccccc3)nc(N(c3ccc(I)cc3)c3ccc(C(C)CC)cc3)n2)cc1.CCC(C)c1ccc(N(c2ccccc2)c2nc(-c3ccccc3)nc(N(c3ccccc3)c3ccc(C(C)CC)cc3)n2)cc1. The van der Waals surface area contributed by atoms with Crippen molar-refractivity contribution in [3.63, 3.8) is 0 Å². The number of hydrogen-bond acceptors (Lipinski definition) is 10. The summed E-state index contributed by atoms with van der Waals surface area (Å²) in [6.07, 6.45) is 4.35. The van der Waals surface area contributed by atoms with Crippen molar-refractivity contribution in [2.24, 2.45) is 0 Å². The molecule has 2 heterocycles. The van der Waals surface area contributed by atoms with Crippen molar-refractivity contribution in [2.45, 2.75) is 105 Å². The lowest BCUT2D eigenvalue weighted by Crippen LogP contribution is -2.19. The van der Waals surface area contributed by atoms with Crippen molar-refractivity contribution >= 4 is 108 Å². The van der Waals surface area contributed by atoms with Gasteiger partial charge in [0.25, 0.3) is 0 Å². The van der Waals surface area contributed by atoms with Gasteiger partial charge in [-0.2, -0.15) is 29.9 Å².